The molecular weight excluding hydrogens is 344 g/mol. The summed E-state index contributed by atoms with van der Waals surface area (Å²) >= 11 is 0. The second-order valence-corrected chi connectivity index (χ2v) is 7.69. The molecule has 0 saturated heterocycles. The highest BCUT2D eigenvalue weighted by molar-refractivity contribution is 5.95. The lowest BCUT2D eigenvalue weighted by atomic mass is 9.73. The van der Waals surface area contributed by atoms with Gasteiger partial charge in [0.25, 0.3) is 5.91 Å². The van der Waals surface area contributed by atoms with Gasteiger partial charge in [0, 0.05) is 11.1 Å². The van der Waals surface area contributed by atoms with Gasteiger partial charge in [-0.1, -0.05) is 81.6 Å². The first-order valence-corrected chi connectivity index (χ1v) is 10.6. The smallest absolute Gasteiger partial charge is 0.252 e. The van der Waals surface area contributed by atoms with Crippen molar-refractivity contribution < 1.29 is 4.79 Å². The van der Waals surface area contributed by atoms with E-state index in [4.69, 9.17) is 0 Å². The molecule has 1 saturated carbocycles. The molecule has 28 heavy (non-hydrogen) atoms. The van der Waals surface area contributed by atoms with Crippen molar-refractivity contribution in [3.05, 3.63) is 71.3 Å². The third kappa shape index (κ3) is 4.82. The summed E-state index contributed by atoms with van der Waals surface area (Å²) in [7, 11) is 4.31. The van der Waals surface area contributed by atoms with Gasteiger partial charge in [-0.25, -0.2) is 0 Å². The van der Waals surface area contributed by atoms with E-state index in [0.29, 0.717) is 0 Å². The predicted molar refractivity (Wildman–Crippen MR) is 119 cm³/mol. The number of likely N-dealkylation sites (N-methyl/N-ethyl adjacent to an activating group) is 1. The quantitative estimate of drug-likeness (QED) is 0.715. The van der Waals surface area contributed by atoms with Gasteiger partial charge in [0.05, 0.1) is 6.04 Å². The SMILES string of the molecule is CC.Cc1ccccc1C(=O)NC(c1ccccc1)C1(N(C)C)CCCCC1. The Balaban J connectivity index is 0.00000136. The maximum Gasteiger partial charge on any atom is 0.252 e. The average molecular weight is 381 g/mol. The lowest BCUT2D eigenvalue weighted by Crippen LogP contribution is -2.56. The maximum absolute atomic E-state index is 13.1. The van der Waals surface area contributed by atoms with Crippen LogP contribution in [0.2, 0.25) is 0 Å². The van der Waals surface area contributed by atoms with Crippen LogP contribution in [0, 0.1) is 6.92 Å². The van der Waals surface area contributed by atoms with Gasteiger partial charge in [-0.2, -0.15) is 0 Å². The molecule has 0 heterocycles. The number of benzene rings is 2. The van der Waals surface area contributed by atoms with E-state index in [1.54, 1.807) is 0 Å². The number of carbonyl (C=O) groups excluding carboxylic acids is 1. The first kappa shape index (κ1) is 22.2. The van der Waals surface area contributed by atoms with E-state index in [0.717, 1.165) is 24.0 Å². The van der Waals surface area contributed by atoms with Gasteiger partial charge in [0.1, 0.15) is 0 Å². The van der Waals surface area contributed by atoms with Crippen molar-refractivity contribution in [3.63, 3.8) is 0 Å². The van der Waals surface area contributed by atoms with Crippen LogP contribution < -0.4 is 5.32 Å². The van der Waals surface area contributed by atoms with Gasteiger partial charge in [0.15, 0.2) is 0 Å². The van der Waals surface area contributed by atoms with Crippen LogP contribution >= 0.6 is 0 Å². The number of hydrogen-bond acceptors (Lipinski definition) is 2. The summed E-state index contributed by atoms with van der Waals surface area (Å²) in [6, 6.07) is 18.2. The van der Waals surface area contributed by atoms with E-state index in [2.05, 4.69) is 48.6 Å². The molecule has 3 rings (SSSR count). The minimum atomic E-state index is -0.0437. The minimum Gasteiger partial charge on any atom is -0.343 e. The van der Waals surface area contributed by atoms with Crippen LogP contribution in [0.4, 0.5) is 0 Å². The molecule has 2 aromatic carbocycles. The van der Waals surface area contributed by atoms with Gasteiger partial charge in [0.2, 0.25) is 0 Å². The zero-order valence-corrected chi connectivity index (χ0v) is 18.2. The number of hydrogen-bond donors (Lipinski definition) is 1. The molecule has 0 bridgehead atoms. The fraction of sp³-hybridized carbons (Fsp3) is 0.480. The topological polar surface area (TPSA) is 32.3 Å². The Morgan fingerprint density at radius 3 is 2.07 bits per heavy atom. The fourth-order valence-corrected chi connectivity index (χ4v) is 4.37. The third-order valence-corrected chi connectivity index (χ3v) is 5.95. The number of rotatable bonds is 5. The minimum absolute atomic E-state index is 0.0174. The van der Waals surface area contributed by atoms with E-state index in [-0.39, 0.29) is 17.5 Å². The molecule has 152 valence electrons. The van der Waals surface area contributed by atoms with Crippen molar-refractivity contribution in [2.24, 2.45) is 0 Å². The molecule has 1 atom stereocenters. The Kier molecular flexibility index (Phi) is 8.25. The molecule has 3 heteroatoms. The summed E-state index contributed by atoms with van der Waals surface area (Å²) in [5, 5.41) is 3.40. The number of amides is 1. The summed E-state index contributed by atoms with van der Waals surface area (Å²) < 4.78 is 0. The Morgan fingerprint density at radius 2 is 1.50 bits per heavy atom. The Bertz CT molecular complexity index is 733. The molecule has 1 aliphatic carbocycles. The van der Waals surface area contributed by atoms with Crippen molar-refractivity contribution in [2.45, 2.75) is 64.5 Å². The van der Waals surface area contributed by atoms with Gasteiger partial charge in [-0.05, 0) is 51.1 Å². The molecule has 3 nitrogen and oxygen atoms in total. The van der Waals surface area contributed by atoms with Gasteiger partial charge >= 0.3 is 0 Å². The highest BCUT2D eigenvalue weighted by Crippen LogP contribution is 2.42. The zero-order valence-electron chi connectivity index (χ0n) is 18.2. The molecule has 0 radical (unpaired) electrons. The van der Waals surface area contributed by atoms with Crippen LogP contribution in [-0.2, 0) is 0 Å². The summed E-state index contributed by atoms with van der Waals surface area (Å²) in [6.45, 7) is 5.99. The molecule has 1 amide bonds. The molecule has 1 unspecified atom stereocenters. The van der Waals surface area contributed by atoms with E-state index >= 15 is 0 Å². The van der Waals surface area contributed by atoms with E-state index in [1.165, 1.54) is 24.8 Å². The van der Waals surface area contributed by atoms with E-state index in [1.807, 2.05) is 51.1 Å². The number of carbonyl (C=O) groups is 1. The second kappa shape index (κ2) is 10.4. The van der Waals surface area contributed by atoms with Crippen molar-refractivity contribution >= 4 is 5.91 Å². The predicted octanol–water partition coefficient (Wildman–Crippen LogP) is 5.76. The molecule has 0 aromatic heterocycles. The van der Waals surface area contributed by atoms with E-state index < -0.39 is 0 Å². The summed E-state index contributed by atoms with van der Waals surface area (Å²) in [5.41, 5.74) is 2.92. The molecule has 0 aliphatic heterocycles. The molecule has 1 aliphatic rings. The summed E-state index contributed by atoms with van der Waals surface area (Å²) in [6.07, 6.45) is 5.91. The number of aryl methyl sites for hydroxylation is 1. The summed E-state index contributed by atoms with van der Waals surface area (Å²) in [5.74, 6) is 0.0174. The van der Waals surface area contributed by atoms with Crippen LogP contribution in [0.5, 0.6) is 0 Å². The second-order valence-electron chi connectivity index (χ2n) is 7.69. The van der Waals surface area contributed by atoms with Crippen LogP contribution in [0.15, 0.2) is 54.6 Å². The van der Waals surface area contributed by atoms with Crippen molar-refractivity contribution in [1.82, 2.24) is 10.2 Å². The van der Waals surface area contributed by atoms with Gasteiger partial charge in [-0.15, -0.1) is 0 Å². The molecule has 0 spiro atoms. The molecule has 2 aromatic rings. The lowest BCUT2D eigenvalue weighted by Gasteiger charge is -2.49. The third-order valence-electron chi connectivity index (χ3n) is 5.95. The van der Waals surface area contributed by atoms with Gasteiger partial charge < -0.3 is 10.2 Å². The van der Waals surface area contributed by atoms with Crippen LogP contribution in [0.25, 0.3) is 0 Å². The standard InChI is InChI=1S/C23H30N2O.C2H6/c1-18-12-8-9-15-20(18)22(26)24-21(19-13-6-4-7-14-19)23(25(2)3)16-10-5-11-17-23;1-2/h4,6-9,12-15,21H,5,10-11,16-17H2,1-3H3,(H,24,26);1-2H3. The Labute approximate surface area is 171 Å². The highest BCUT2D eigenvalue weighted by Gasteiger charge is 2.43. The Hall–Kier alpha value is -2.13. The van der Waals surface area contributed by atoms with Crippen molar-refractivity contribution in [3.8, 4) is 0 Å². The van der Waals surface area contributed by atoms with E-state index in [9.17, 15) is 4.79 Å². The molecular formula is C25H36N2O. The van der Waals surface area contributed by atoms with Crippen molar-refractivity contribution in [2.75, 3.05) is 14.1 Å². The fourth-order valence-electron chi connectivity index (χ4n) is 4.37. The first-order chi connectivity index (χ1) is 13.5. The first-order valence-electron chi connectivity index (χ1n) is 10.6. The maximum atomic E-state index is 13.1. The van der Waals surface area contributed by atoms with Crippen LogP contribution in [-0.4, -0.2) is 30.4 Å². The van der Waals surface area contributed by atoms with Gasteiger partial charge in [-0.3, -0.25) is 4.79 Å². The monoisotopic (exact) mass is 380 g/mol. The average Bonchev–Trinajstić information content (AvgIpc) is 2.74. The van der Waals surface area contributed by atoms with Crippen molar-refractivity contribution in [1.29, 1.82) is 0 Å². The highest BCUT2D eigenvalue weighted by atomic mass is 16.1. The Morgan fingerprint density at radius 1 is 0.929 bits per heavy atom. The zero-order chi connectivity index (χ0) is 20.6. The summed E-state index contributed by atoms with van der Waals surface area (Å²) in [4.78, 5) is 15.5. The number of nitrogens with zero attached hydrogens (tertiary/aromatic N) is 1. The molecule has 1 fully saturated rings. The van der Waals surface area contributed by atoms with Crippen LogP contribution in [0.1, 0.15) is 73.5 Å². The van der Waals surface area contributed by atoms with Crippen LogP contribution in [0.3, 0.4) is 0 Å². The molecule has 1 N–H and O–H groups in total. The normalized spacial score (nSPS) is 16.6. The largest absolute Gasteiger partial charge is 0.343 e. The number of nitrogens with one attached hydrogen (secondary N) is 1. The lowest BCUT2D eigenvalue weighted by molar-refractivity contribution is 0.0506.